The molecule has 2 aromatic rings. The molecule has 0 aliphatic heterocycles. The van der Waals surface area contributed by atoms with Gasteiger partial charge in [0.1, 0.15) is 12.1 Å². The maximum absolute atomic E-state index is 13.3. The number of nitrogens with one attached hydrogen (secondary N) is 2. The molecular weight excluding hydrogens is 298 g/mol. The lowest BCUT2D eigenvalue weighted by Gasteiger charge is -2.03. The number of H-pyrrole nitrogens is 1. The monoisotopic (exact) mass is 304 g/mol. The van der Waals surface area contributed by atoms with Gasteiger partial charge in [-0.05, 0) is 40.8 Å². The Morgan fingerprint density at radius 1 is 1.43 bits per heavy atom. The zero-order valence-corrected chi connectivity index (χ0v) is 9.12. The van der Waals surface area contributed by atoms with Gasteiger partial charge >= 0.3 is 0 Å². The number of aromatic nitrogens is 3. The van der Waals surface area contributed by atoms with Crippen molar-refractivity contribution < 1.29 is 4.39 Å². The number of anilines is 2. The standard InChI is InChI=1S/C8H6FIN4/c9-6-3-5(10)1-2-7(6)13-8-11-4-12-14-8/h1-4H,(H2,11,12,13,14). The van der Waals surface area contributed by atoms with Gasteiger partial charge in [0.15, 0.2) is 0 Å². The maximum Gasteiger partial charge on any atom is 0.223 e. The van der Waals surface area contributed by atoms with Crippen LogP contribution in [0.25, 0.3) is 0 Å². The average Bonchev–Trinajstić information content (AvgIpc) is 2.62. The van der Waals surface area contributed by atoms with Crippen molar-refractivity contribution in [1.29, 1.82) is 0 Å². The number of aromatic amines is 1. The molecule has 0 saturated heterocycles. The molecule has 0 fully saturated rings. The minimum absolute atomic E-state index is 0.312. The predicted octanol–water partition coefficient (Wildman–Crippen LogP) is 2.29. The van der Waals surface area contributed by atoms with E-state index < -0.39 is 0 Å². The van der Waals surface area contributed by atoms with Crippen LogP contribution in [-0.4, -0.2) is 15.2 Å². The molecule has 6 heteroatoms. The van der Waals surface area contributed by atoms with Crippen molar-refractivity contribution in [2.24, 2.45) is 0 Å². The highest BCUT2D eigenvalue weighted by Gasteiger charge is 2.03. The van der Waals surface area contributed by atoms with E-state index in [1.165, 1.54) is 12.4 Å². The van der Waals surface area contributed by atoms with Crippen LogP contribution in [0, 0.1) is 9.39 Å². The molecular formula is C8H6FIN4. The summed E-state index contributed by atoms with van der Waals surface area (Å²) in [5.74, 6) is 0.110. The maximum atomic E-state index is 13.3. The molecule has 2 N–H and O–H groups in total. The number of benzene rings is 1. The van der Waals surface area contributed by atoms with Gasteiger partial charge in [-0.15, -0.1) is 0 Å². The third-order valence-electron chi connectivity index (χ3n) is 1.60. The minimum atomic E-state index is -0.312. The number of hydrogen-bond donors (Lipinski definition) is 2. The van der Waals surface area contributed by atoms with Gasteiger partial charge in [0.05, 0.1) is 5.69 Å². The van der Waals surface area contributed by atoms with Crippen LogP contribution in [0.3, 0.4) is 0 Å². The quantitative estimate of drug-likeness (QED) is 0.837. The van der Waals surface area contributed by atoms with Crippen LogP contribution in [0.2, 0.25) is 0 Å². The third kappa shape index (κ3) is 2.00. The first-order valence-corrected chi connectivity index (χ1v) is 4.91. The summed E-state index contributed by atoms with van der Waals surface area (Å²) in [5.41, 5.74) is 0.377. The van der Waals surface area contributed by atoms with Crippen LogP contribution in [0.1, 0.15) is 0 Å². The Bertz CT molecular complexity index is 429. The Balaban J connectivity index is 2.25. The molecule has 2 rings (SSSR count). The van der Waals surface area contributed by atoms with E-state index >= 15 is 0 Å². The van der Waals surface area contributed by atoms with Crippen molar-refractivity contribution in [3.63, 3.8) is 0 Å². The number of nitrogens with zero attached hydrogens (tertiary/aromatic N) is 2. The number of rotatable bonds is 2. The number of hydrogen-bond acceptors (Lipinski definition) is 3. The van der Waals surface area contributed by atoms with E-state index in [0.717, 1.165) is 3.57 Å². The second-order valence-electron chi connectivity index (χ2n) is 2.58. The van der Waals surface area contributed by atoms with E-state index in [-0.39, 0.29) is 5.82 Å². The SMILES string of the molecule is Fc1cc(I)ccc1Nc1ncn[nH]1. The summed E-state index contributed by atoms with van der Waals surface area (Å²) in [5, 5.41) is 9.00. The summed E-state index contributed by atoms with van der Waals surface area (Å²) in [6.07, 6.45) is 1.35. The van der Waals surface area contributed by atoms with Gasteiger partial charge in [-0.3, -0.25) is 0 Å². The van der Waals surface area contributed by atoms with E-state index in [1.54, 1.807) is 6.07 Å². The second-order valence-corrected chi connectivity index (χ2v) is 3.83. The smallest absolute Gasteiger partial charge is 0.223 e. The highest BCUT2D eigenvalue weighted by atomic mass is 127. The van der Waals surface area contributed by atoms with Gasteiger partial charge in [-0.25, -0.2) is 9.49 Å². The van der Waals surface area contributed by atoms with Gasteiger partial charge in [-0.2, -0.15) is 10.1 Å². The number of halogens is 2. The van der Waals surface area contributed by atoms with Gasteiger partial charge < -0.3 is 5.32 Å². The normalized spacial score (nSPS) is 10.1. The summed E-state index contributed by atoms with van der Waals surface area (Å²) < 4.78 is 14.2. The summed E-state index contributed by atoms with van der Waals surface area (Å²) in [7, 11) is 0. The zero-order chi connectivity index (χ0) is 9.97. The van der Waals surface area contributed by atoms with Crippen LogP contribution in [0.15, 0.2) is 24.5 Å². The van der Waals surface area contributed by atoms with Gasteiger partial charge in [-0.1, -0.05) is 0 Å². The molecule has 0 unspecified atom stereocenters. The van der Waals surface area contributed by atoms with Crippen LogP contribution in [0.5, 0.6) is 0 Å². The van der Waals surface area contributed by atoms with Crippen LogP contribution < -0.4 is 5.32 Å². The molecule has 0 aliphatic rings. The molecule has 1 heterocycles. The van der Waals surface area contributed by atoms with Crippen molar-refractivity contribution in [3.05, 3.63) is 33.9 Å². The van der Waals surface area contributed by atoms with Crippen molar-refractivity contribution in [2.75, 3.05) is 5.32 Å². The fourth-order valence-corrected chi connectivity index (χ4v) is 1.44. The fraction of sp³-hybridized carbons (Fsp3) is 0. The molecule has 1 aromatic heterocycles. The predicted molar refractivity (Wildman–Crippen MR) is 58.8 cm³/mol. The van der Waals surface area contributed by atoms with E-state index in [1.807, 2.05) is 28.7 Å². The topological polar surface area (TPSA) is 53.6 Å². The van der Waals surface area contributed by atoms with Crippen molar-refractivity contribution >= 4 is 34.2 Å². The van der Waals surface area contributed by atoms with E-state index in [4.69, 9.17) is 0 Å². The van der Waals surface area contributed by atoms with Crippen LogP contribution in [0.4, 0.5) is 16.0 Å². The Hall–Kier alpha value is -1.18. The van der Waals surface area contributed by atoms with Gasteiger partial charge in [0.25, 0.3) is 0 Å². The van der Waals surface area contributed by atoms with E-state index in [2.05, 4.69) is 20.5 Å². The Kier molecular flexibility index (Phi) is 2.62. The first-order chi connectivity index (χ1) is 6.75. The highest BCUT2D eigenvalue weighted by molar-refractivity contribution is 14.1. The molecule has 0 atom stereocenters. The van der Waals surface area contributed by atoms with Gasteiger partial charge in [0.2, 0.25) is 5.95 Å². The average molecular weight is 304 g/mol. The minimum Gasteiger partial charge on any atom is -0.322 e. The molecule has 0 saturated carbocycles. The molecule has 14 heavy (non-hydrogen) atoms. The molecule has 0 radical (unpaired) electrons. The van der Waals surface area contributed by atoms with Crippen LogP contribution in [-0.2, 0) is 0 Å². The molecule has 72 valence electrons. The Morgan fingerprint density at radius 3 is 2.93 bits per heavy atom. The first-order valence-electron chi connectivity index (χ1n) is 3.83. The van der Waals surface area contributed by atoms with Crippen LogP contribution >= 0.6 is 22.6 Å². The summed E-state index contributed by atoms with van der Waals surface area (Å²) >= 11 is 2.05. The Morgan fingerprint density at radius 2 is 2.29 bits per heavy atom. The Labute approximate surface area is 93.1 Å². The molecule has 1 aromatic carbocycles. The zero-order valence-electron chi connectivity index (χ0n) is 6.96. The largest absolute Gasteiger partial charge is 0.322 e. The lowest BCUT2D eigenvalue weighted by Crippen LogP contribution is -1.95. The lowest BCUT2D eigenvalue weighted by atomic mass is 10.3. The van der Waals surface area contributed by atoms with Crippen molar-refractivity contribution in [2.45, 2.75) is 0 Å². The summed E-state index contributed by atoms with van der Waals surface area (Å²) in [6, 6.07) is 4.90. The van der Waals surface area contributed by atoms with Crippen molar-refractivity contribution in [3.8, 4) is 0 Å². The second kappa shape index (κ2) is 3.91. The highest BCUT2D eigenvalue weighted by Crippen LogP contribution is 2.19. The molecule has 4 nitrogen and oxygen atoms in total. The summed E-state index contributed by atoms with van der Waals surface area (Å²) in [6.45, 7) is 0. The lowest BCUT2D eigenvalue weighted by molar-refractivity contribution is 0.630. The van der Waals surface area contributed by atoms with E-state index in [0.29, 0.717) is 11.6 Å². The molecule has 0 bridgehead atoms. The molecule has 0 spiro atoms. The fourth-order valence-electron chi connectivity index (χ4n) is 0.984. The third-order valence-corrected chi connectivity index (χ3v) is 2.27. The van der Waals surface area contributed by atoms with E-state index in [9.17, 15) is 4.39 Å². The first kappa shape index (κ1) is 9.38. The summed E-state index contributed by atoms with van der Waals surface area (Å²) in [4.78, 5) is 3.83. The molecule has 0 aliphatic carbocycles. The van der Waals surface area contributed by atoms with Gasteiger partial charge in [0, 0.05) is 3.57 Å². The molecule has 0 amide bonds. The van der Waals surface area contributed by atoms with Crippen molar-refractivity contribution in [1.82, 2.24) is 15.2 Å².